The number of anilines is 1. The molecular weight excluding hydrogens is 500 g/mol. The first-order valence-corrected chi connectivity index (χ1v) is 11.6. The molecule has 0 fully saturated rings. The van der Waals surface area contributed by atoms with Crippen molar-refractivity contribution in [2.45, 2.75) is 32.4 Å². The Labute approximate surface area is 220 Å². The van der Waals surface area contributed by atoms with Gasteiger partial charge in [-0.05, 0) is 29.5 Å². The Bertz CT molecular complexity index is 1210. The Balaban J connectivity index is 0.00000507. The van der Waals surface area contributed by atoms with Crippen LogP contribution in [0.2, 0.25) is 0 Å². The van der Waals surface area contributed by atoms with Crippen LogP contribution in [0.25, 0.3) is 10.8 Å². The fraction of sp³-hybridized carbons (Fsp3) is 0.370. The van der Waals surface area contributed by atoms with Gasteiger partial charge in [-0.25, -0.2) is 18.6 Å². The van der Waals surface area contributed by atoms with Gasteiger partial charge in [-0.15, -0.1) is 0 Å². The quantitative estimate of drug-likeness (QED) is 0.326. The van der Waals surface area contributed by atoms with Crippen LogP contribution < -0.4 is 5.32 Å². The summed E-state index contributed by atoms with van der Waals surface area (Å²) in [5.74, 6) is -2.13. The topological polar surface area (TPSA) is 121 Å². The molecule has 2 aromatic carbocycles. The molecule has 0 saturated heterocycles. The molecule has 0 aliphatic heterocycles. The summed E-state index contributed by atoms with van der Waals surface area (Å²) in [5, 5.41) is 22.8. The van der Waals surface area contributed by atoms with Gasteiger partial charge in [0.1, 0.15) is 18.5 Å². The number of aliphatic hydroxyl groups excluding tert-OH is 2. The highest BCUT2D eigenvalue weighted by atomic mass is 19.2. The Morgan fingerprint density at radius 2 is 1.82 bits per heavy atom. The first-order valence-electron chi connectivity index (χ1n) is 11.6. The zero-order valence-corrected chi connectivity index (χ0v) is 20.3. The molecule has 3 aromatic rings. The van der Waals surface area contributed by atoms with Gasteiger partial charge >= 0.3 is 6.09 Å². The first kappa shape index (κ1) is 30.6. The third kappa shape index (κ3) is 8.72. The number of aliphatic hydroxyl groups is 2. The second-order valence-corrected chi connectivity index (χ2v) is 8.39. The molecule has 0 unspecified atom stereocenters. The number of carbonyl (C=O) groups is 2. The van der Waals surface area contributed by atoms with Gasteiger partial charge in [0.05, 0.1) is 25.9 Å². The largest absolute Gasteiger partial charge is 0.447 e. The summed E-state index contributed by atoms with van der Waals surface area (Å²) in [6.07, 6.45) is -0.452. The summed E-state index contributed by atoms with van der Waals surface area (Å²) in [5.41, 5.74) is 0.0686. The minimum atomic E-state index is -1.11. The number of fused-ring (bicyclic) bond motifs is 1. The average molecular weight is 534 g/mol. The third-order valence-corrected chi connectivity index (χ3v) is 5.68. The van der Waals surface area contributed by atoms with Gasteiger partial charge in [0.15, 0.2) is 11.6 Å². The van der Waals surface area contributed by atoms with Crippen molar-refractivity contribution in [3.8, 4) is 0 Å². The molecule has 0 bridgehead atoms. The molecule has 2 amide bonds. The summed E-state index contributed by atoms with van der Waals surface area (Å²) >= 11 is 0. The minimum Gasteiger partial charge on any atom is -0.447 e. The van der Waals surface area contributed by atoms with Crippen LogP contribution in [0.3, 0.4) is 0 Å². The summed E-state index contributed by atoms with van der Waals surface area (Å²) in [6, 6.07) is 12.2. The van der Waals surface area contributed by atoms with E-state index in [1.807, 2.05) is 24.3 Å². The Morgan fingerprint density at radius 1 is 1.08 bits per heavy atom. The standard InChI is InChI=1S/C26H29F2N3O6.CH4/c1-31(24(34)10-9-17-7-4-8-22(27)25(17)28)20(14-36-16-21(33)13-32)15-37-26(35)30-23-11-18-5-2-3-6-19(18)12-29-23;/h2-8,11-12,20-21,32-33H,9-10,13-16H2,1H3,(H,29,30,35);1H4/t20-,21-;/m0./s1. The van der Waals surface area contributed by atoms with Gasteiger partial charge in [0.25, 0.3) is 0 Å². The maximum absolute atomic E-state index is 13.9. The molecule has 9 nitrogen and oxygen atoms in total. The lowest BCUT2D eigenvalue weighted by molar-refractivity contribution is -0.134. The molecule has 38 heavy (non-hydrogen) atoms. The van der Waals surface area contributed by atoms with E-state index in [0.717, 1.165) is 16.8 Å². The van der Waals surface area contributed by atoms with Crippen molar-refractivity contribution in [2.75, 3.05) is 38.8 Å². The van der Waals surface area contributed by atoms with Gasteiger partial charge in [-0.3, -0.25) is 10.1 Å². The number of benzene rings is 2. The number of nitrogens with one attached hydrogen (secondary N) is 1. The number of ether oxygens (including phenoxy) is 2. The molecule has 0 saturated carbocycles. The number of likely N-dealkylation sites (N-methyl/N-ethyl adjacent to an activating group) is 1. The molecule has 3 rings (SSSR count). The van der Waals surface area contributed by atoms with E-state index >= 15 is 0 Å². The SMILES string of the molecule is C.CN(C(=O)CCc1cccc(F)c1F)[C@@H](COC[C@@H](O)CO)COC(=O)Nc1cc2ccccc2cn1. The summed E-state index contributed by atoms with van der Waals surface area (Å²) in [7, 11) is 1.47. The van der Waals surface area contributed by atoms with E-state index < -0.39 is 42.4 Å². The minimum absolute atomic E-state index is 0. The van der Waals surface area contributed by atoms with Gasteiger partial charge in [-0.2, -0.15) is 0 Å². The van der Waals surface area contributed by atoms with Crippen LogP contribution in [0, 0.1) is 11.6 Å². The number of carbonyl (C=O) groups excluding carboxylic acids is 2. The summed E-state index contributed by atoms with van der Waals surface area (Å²) < 4.78 is 38.0. The molecule has 3 N–H and O–H groups in total. The predicted octanol–water partition coefficient (Wildman–Crippen LogP) is 3.53. The van der Waals surface area contributed by atoms with Crippen LogP contribution >= 0.6 is 0 Å². The number of halogens is 2. The fourth-order valence-corrected chi connectivity index (χ4v) is 3.49. The molecule has 0 aliphatic carbocycles. The third-order valence-electron chi connectivity index (χ3n) is 5.68. The Hall–Kier alpha value is -3.67. The van der Waals surface area contributed by atoms with Crippen LogP contribution in [0.5, 0.6) is 0 Å². The lowest BCUT2D eigenvalue weighted by Crippen LogP contribution is -2.44. The first-order chi connectivity index (χ1) is 17.8. The highest BCUT2D eigenvalue weighted by Gasteiger charge is 2.23. The van der Waals surface area contributed by atoms with E-state index in [4.69, 9.17) is 14.6 Å². The van der Waals surface area contributed by atoms with E-state index in [0.29, 0.717) is 0 Å². The highest BCUT2D eigenvalue weighted by molar-refractivity contribution is 5.89. The van der Waals surface area contributed by atoms with Crippen molar-refractivity contribution in [3.05, 3.63) is 71.9 Å². The van der Waals surface area contributed by atoms with Gasteiger partial charge in [0.2, 0.25) is 5.91 Å². The molecular formula is C27H33F2N3O6. The fourth-order valence-electron chi connectivity index (χ4n) is 3.49. The maximum atomic E-state index is 13.9. The Kier molecular flexibility index (Phi) is 12.0. The Morgan fingerprint density at radius 3 is 2.55 bits per heavy atom. The molecule has 2 atom stereocenters. The molecule has 1 heterocycles. The van der Waals surface area contributed by atoms with E-state index in [1.165, 1.54) is 24.1 Å². The number of amides is 2. The van der Waals surface area contributed by atoms with E-state index in [1.54, 1.807) is 12.3 Å². The highest BCUT2D eigenvalue weighted by Crippen LogP contribution is 2.17. The zero-order valence-electron chi connectivity index (χ0n) is 20.3. The lowest BCUT2D eigenvalue weighted by atomic mass is 10.1. The monoisotopic (exact) mass is 533 g/mol. The number of pyridine rings is 1. The van der Waals surface area contributed by atoms with Crippen LogP contribution in [0.15, 0.2) is 54.7 Å². The number of rotatable bonds is 12. The number of aromatic nitrogens is 1. The van der Waals surface area contributed by atoms with Crippen LogP contribution in [-0.4, -0.2) is 77.7 Å². The summed E-state index contributed by atoms with van der Waals surface area (Å²) in [6.45, 7) is -1.08. The van der Waals surface area contributed by atoms with Gasteiger partial charge in [-0.1, -0.05) is 43.8 Å². The van der Waals surface area contributed by atoms with Crippen LogP contribution in [0.1, 0.15) is 19.4 Å². The zero-order chi connectivity index (χ0) is 26.8. The van der Waals surface area contributed by atoms with E-state index in [9.17, 15) is 23.5 Å². The average Bonchev–Trinajstić information content (AvgIpc) is 2.90. The van der Waals surface area contributed by atoms with Crippen molar-refractivity contribution in [3.63, 3.8) is 0 Å². The molecule has 0 radical (unpaired) electrons. The van der Waals surface area contributed by atoms with Gasteiger partial charge in [0, 0.05) is 25.1 Å². The molecule has 1 aromatic heterocycles. The van der Waals surface area contributed by atoms with Crippen molar-refractivity contribution >= 4 is 28.6 Å². The van der Waals surface area contributed by atoms with Crippen molar-refractivity contribution < 1.29 is 38.1 Å². The molecule has 206 valence electrons. The second kappa shape index (κ2) is 14.9. The van der Waals surface area contributed by atoms with Crippen LogP contribution in [0.4, 0.5) is 19.4 Å². The summed E-state index contributed by atoms with van der Waals surface area (Å²) in [4.78, 5) is 30.6. The van der Waals surface area contributed by atoms with Crippen molar-refractivity contribution in [1.29, 1.82) is 0 Å². The maximum Gasteiger partial charge on any atom is 0.412 e. The lowest BCUT2D eigenvalue weighted by Gasteiger charge is -2.28. The normalized spacial score (nSPS) is 12.3. The van der Waals surface area contributed by atoms with Crippen LogP contribution in [-0.2, 0) is 20.7 Å². The number of aryl methyl sites for hydroxylation is 1. The molecule has 0 spiro atoms. The molecule has 11 heteroatoms. The van der Waals surface area contributed by atoms with Gasteiger partial charge < -0.3 is 24.6 Å². The number of nitrogens with zero attached hydrogens (tertiary/aromatic N) is 2. The number of hydrogen-bond acceptors (Lipinski definition) is 7. The predicted molar refractivity (Wildman–Crippen MR) is 139 cm³/mol. The van der Waals surface area contributed by atoms with E-state index in [2.05, 4.69) is 10.3 Å². The number of hydrogen-bond donors (Lipinski definition) is 3. The van der Waals surface area contributed by atoms with Crippen molar-refractivity contribution in [1.82, 2.24) is 9.88 Å². The molecule has 0 aliphatic rings. The second-order valence-electron chi connectivity index (χ2n) is 8.39. The van der Waals surface area contributed by atoms with E-state index in [-0.39, 0.29) is 51.5 Å². The smallest absolute Gasteiger partial charge is 0.412 e. The van der Waals surface area contributed by atoms with Crippen molar-refractivity contribution in [2.24, 2.45) is 0 Å².